The lowest BCUT2D eigenvalue weighted by atomic mass is 9.77. The molecule has 1 aliphatic heterocycles. The van der Waals surface area contributed by atoms with Crippen LogP contribution in [0.4, 0.5) is 0 Å². The minimum atomic E-state index is -1.02. The maximum Gasteiger partial charge on any atom is 0.355 e. The molecule has 7 heteroatoms. The van der Waals surface area contributed by atoms with Gasteiger partial charge >= 0.3 is 5.97 Å². The van der Waals surface area contributed by atoms with Crippen LogP contribution in [0.2, 0.25) is 0 Å². The van der Waals surface area contributed by atoms with Gasteiger partial charge in [0, 0.05) is 18.3 Å². The van der Waals surface area contributed by atoms with E-state index in [1.807, 2.05) is 0 Å². The second-order valence-electron chi connectivity index (χ2n) is 5.95. The van der Waals surface area contributed by atoms with Crippen LogP contribution in [-0.2, 0) is 11.2 Å². The van der Waals surface area contributed by atoms with E-state index in [2.05, 4.69) is 29.5 Å². The molecule has 3 N–H and O–H groups in total. The average molecular weight is 311 g/mol. The van der Waals surface area contributed by atoms with Gasteiger partial charge in [-0.3, -0.25) is 4.79 Å². The molecule has 2 rings (SSSR count). The van der Waals surface area contributed by atoms with E-state index in [-0.39, 0.29) is 23.1 Å². The topological polar surface area (TPSA) is 91.3 Å². The quantitative estimate of drug-likeness (QED) is 0.762. The fourth-order valence-corrected chi connectivity index (χ4v) is 3.35. The molecular weight excluding hydrogens is 290 g/mol. The normalized spacial score (nSPS) is 21.0. The Kier molecular flexibility index (Phi) is 4.95. The third kappa shape index (κ3) is 4.01. The van der Waals surface area contributed by atoms with Gasteiger partial charge in [0.1, 0.15) is 0 Å². The second-order valence-corrected chi connectivity index (χ2v) is 6.89. The standard InChI is InChI=1S/C14H21N3O3S/c1-14(2)5-3-6-15-11(14)12(18)16-7-4-10-17-9(8-21-10)13(19)20/h8,11,15H,3-7H2,1-2H3,(H,16,18)(H,19,20). The molecule has 1 atom stereocenters. The lowest BCUT2D eigenvalue weighted by molar-refractivity contribution is -0.126. The molecule has 1 aromatic rings. The van der Waals surface area contributed by atoms with Crippen molar-refractivity contribution in [3.05, 3.63) is 16.1 Å². The number of carboxylic acid groups (broad SMARTS) is 1. The third-order valence-electron chi connectivity index (χ3n) is 3.80. The third-order valence-corrected chi connectivity index (χ3v) is 4.71. The van der Waals surface area contributed by atoms with Crippen LogP contribution in [0.15, 0.2) is 5.38 Å². The van der Waals surface area contributed by atoms with Crippen LogP contribution in [0, 0.1) is 5.41 Å². The predicted octanol–water partition coefficient (Wildman–Crippen LogP) is 1.28. The number of hydrogen-bond donors (Lipinski definition) is 3. The van der Waals surface area contributed by atoms with Gasteiger partial charge in [-0.1, -0.05) is 13.8 Å². The first-order valence-corrected chi connectivity index (χ1v) is 7.97. The minimum absolute atomic E-state index is 0.00899. The molecule has 21 heavy (non-hydrogen) atoms. The molecule has 0 saturated carbocycles. The van der Waals surface area contributed by atoms with E-state index in [4.69, 9.17) is 5.11 Å². The maximum absolute atomic E-state index is 12.2. The Morgan fingerprint density at radius 2 is 2.33 bits per heavy atom. The van der Waals surface area contributed by atoms with E-state index in [0.717, 1.165) is 24.4 Å². The van der Waals surface area contributed by atoms with Crippen molar-refractivity contribution in [3.8, 4) is 0 Å². The average Bonchev–Trinajstić information content (AvgIpc) is 2.87. The monoisotopic (exact) mass is 311 g/mol. The summed E-state index contributed by atoms with van der Waals surface area (Å²) in [6.07, 6.45) is 2.68. The zero-order valence-electron chi connectivity index (χ0n) is 12.3. The fourth-order valence-electron chi connectivity index (χ4n) is 2.58. The van der Waals surface area contributed by atoms with Gasteiger partial charge in [-0.25, -0.2) is 9.78 Å². The van der Waals surface area contributed by atoms with Crippen molar-refractivity contribution in [3.63, 3.8) is 0 Å². The summed E-state index contributed by atoms with van der Waals surface area (Å²) in [4.78, 5) is 27.0. The Balaban J connectivity index is 1.82. The van der Waals surface area contributed by atoms with Crippen LogP contribution in [0.5, 0.6) is 0 Å². The van der Waals surface area contributed by atoms with Crippen molar-refractivity contribution in [2.45, 2.75) is 39.2 Å². The Bertz CT molecular complexity index is 527. The van der Waals surface area contributed by atoms with Crippen LogP contribution in [0.1, 0.15) is 42.2 Å². The van der Waals surface area contributed by atoms with Crippen LogP contribution in [0.3, 0.4) is 0 Å². The van der Waals surface area contributed by atoms with Gasteiger partial charge < -0.3 is 15.7 Å². The molecule has 1 unspecified atom stereocenters. The predicted molar refractivity (Wildman–Crippen MR) is 80.6 cm³/mol. The Morgan fingerprint density at radius 3 is 2.95 bits per heavy atom. The Hall–Kier alpha value is -1.47. The molecular formula is C14H21N3O3S. The summed E-state index contributed by atoms with van der Waals surface area (Å²) in [5.74, 6) is -1.01. The minimum Gasteiger partial charge on any atom is -0.476 e. The van der Waals surface area contributed by atoms with Crippen molar-refractivity contribution in [2.75, 3.05) is 13.1 Å². The highest BCUT2D eigenvalue weighted by Gasteiger charge is 2.36. The number of aromatic nitrogens is 1. The Labute approximate surface area is 128 Å². The summed E-state index contributed by atoms with van der Waals surface area (Å²) in [5, 5.41) is 17.2. The number of rotatable bonds is 5. The molecule has 1 saturated heterocycles. The largest absolute Gasteiger partial charge is 0.476 e. The van der Waals surface area contributed by atoms with Gasteiger partial charge in [-0.15, -0.1) is 11.3 Å². The van der Waals surface area contributed by atoms with E-state index in [1.165, 1.54) is 16.7 Å². The summed E-state index contributed by atoms with van der Waals surface area (Å²) in [7, 11) is 0. The van der Waals surface area contributed by atoms with Crippen LogP contribution in [-0.4, -0.2) is 41.1 Å². The molecule has 0 aromatic carbocycles. The van der Waals surface area contributed by atoms with Gasteiger partial charge in [-0.2, -0.15) is 0 Å². The van der Waals surface area contributed by atoms with Crippen LogP contribution < -0.4 is 10.6 Å². The van der Waals surface area contributed by atoms with Crippen molar-refractivity contribution >= 4 is 23.2 Å². The lowest BCUT2D eigenvalue weighted by Gasteiger charge is -2.38. The number of nitrogens with zero attached hydrogens (tertiary/aromatic N) is 1. The number of carboxylic acids is 1. The van der Waals surface area contributed by atoms with Crippen molar-refractivity contribution < 1.29 is 14.7 Å². The summed E-state index contributed by atoms with van der Waals surface area (Å²) >= 11 is 1.31. The number of carbonyl (C=O) groups is 2. The Morgan fingerprint density at radius 1 is 1.57 bits per heavy atom. The summed E-state index contributed by atoms with van der Waals surface area (Å²) in [6, 6.07) is -0.169. The zero-order chi connectivity index (χ0) is 15.5. The molecule has 0 bridgehead atoms. The second kappa shape index (κ2) is 6.53. The first-order valence-electron chi connectivity index (χ1n) is 7.09. The van der Waals surface area contributed by atoms with Crippen LogP contribution >= 0.6 is 11.3 Å². The van der Waals surface area contributed by atoms with Gasteiger partial charge in [0.15, 0.2) is 5.69 Å². The van der Waals surface area contributed by atoms with E-state index in [9.17, 15) is 9.59 Å². The molecule has 116 valence electrons. The highest BCUT2D eigenvalue weighted by Crippen LogP contribution is 2.30. The number of piperidine rings is 1. The number of thiazole rings is 1. The van der Waals surface area contributed by atoms with Gasteiger partial charge in [0.2, 0.25) is 5.91 Å². The van der Waals surface area contributed by atoms with Gasteiger partial charge in [-0.05, 0) is 24.8 Å². The highest BCUT2D eigenvalue weighted by atomic mass is 32.1. The fraction of sp³-hybridized carbons (Fsp3) is 0.643. The number of nitrogens with one attached hydrogen (secondary N) is 2. The molecule has 0 spiro atoms. The first kappa shape index (κ1) is 15.9. The van der Waals surface area contributed by atoms with Gasteiger partial charge in [0.05, 0.1) is 11.0 Å². The molecule has 1 aliphatic rings. The number of hydrogen-bond acceptors (Lipinski definition) is 5. The van der Waals surface area contributed by atoms with E-state index in [0.29, 0.717) is 13.0 Å². The van der Waals surface area contributed by atoms with Crippen molar-refractivity contribution in [1.82, 2.24) is 15.6 Å². The van der Waals surface area contributed by atoms with E-state index < -0.39 is 5.97 Å². The smallest absolute Gasteiger partial charge is 0.355 e. The van der Waals surface area contributed by atoms with E-state index in [1.54, 1.807) is 0 Å². The van der Waals surface area contributed by atoms with Gasteiger partial charge in [0.25, 0.3) is 0 Å². The zero-order valence-corrected chi connectivity index (χ0v) is 13.1. The molecule has 0 radical (unpaired) electrons. The molecule has 2 heterocycles. The summed E-state index contributed by atoms with van der Waals surface area (Å²) in [5.41, 5.74) is 0.0244. The number of amides is 1. The highest BCUT2D eigenvalue weighted by molar-refractivity contribution is 7.09. The summed E-state index contributed by atoms with van der Waals surface area (Å²) < 4.78 is 0. The van der Waals surface area contributed by atoms with Crippen LogP contribution in [0.25, 0.3) is 0 Å². The summed E-state index contributed by atoms with van der Waals surface area (Å²) in [6.45, 7) is 5.54. The number of carbonyl (C=O) groups excluding carboxylic acids is 1. The molecule has 1 amide bonds. The first-order chi connectivity index (χ1) is 9.90. The molecule has 1 aromatic heterocycles. The molecule has 0 aliphatic carbocycles. The number of aromatic carboxylic acids is 1. The lowest BCUT2D eigenvalue weighted by Crippen LogP contribution is -2.55. The van der Waals surface area contributed by atoms with Crippen molar-refractivity contribution in [2.24, 2.45) is 5.41 Å². The van der Waals surface area contributed by atoms with E-state index >= 15 is 0 Å². The maximum atomic E-state index is 12.2. The van der Waals surface area contributed by atoms with Crippen molar-refractivity contribution in [1.29, 1.82) is 0 Å². The molecule has 6 nitrogen and oxygen atoms in total. The molecule has 1 fully saturated rings. The SMILES string of the molecule is CC1(C)CCCNC1C(=O)NCCc1nc(C(=O)O)cs1.